The quantitative estimate of drug-likeness (QED) is 0.289. The Bertz CT molecular complexity index is 554. The van der Waals surface area contributed by atoms with Crippen LogP contribution < -0.4 is 15.4 Å². The molecule has 2 rings (SSSR count). The van der Waals surface area contributed by atoms with E-state index in [2.05, 4.69) is 22.5 Å². The summed E-state index contributed by atoms with van der Waals surface area (Å²) in [6.07, 6.45) is 2.47. The first-order chi connectivity index (χ1) is 11.0. The maximum atomic E-state index is 13.1. The average molecular weight is 471 g/mol. The van der Waals surface area contributed by atoms with Crippen LogP contribution in [-0.4, -0.2) is 43.2 Å². The van der Waals surface area contributed by atoms with Gasteiger partial charge in [0.2, 0.25) is 0 Å². The van der Waals surface area contributed by atoms with E-state index in [1.807, 2.05) is 11.8 Å². The van der Waals surface area contributed by atoms with E-state index < -0.39 is 11.6 Å². The van der Waals surface area contributed by atoms with Gasteiger partial charge in [-0.1, -0.05) is 0 Å². The third kappa shape index (κ3) is 6.62. The largest absolute Gasteiger partial charge is 0.492 e. The molecule has 136 valence electrons. The summed E-state index contributed by atoms with van der Waals surface area (Å²) in [6, 6.07) is 3.50. The lowest BCUT2D eigenvalue weighted by Gasteiger charge is -2.24. The molecule has 1 aromatic rings. The molecule has 1 aliphatic rings. The van der Waals surface area contributed by atoms with Gasteiger partial charge >= 0.3 is 0 Å². The van der Waals surface area contributed by atoms with E-state index in [0.29, 0.717) is 24.9 Å². The van der Waals surface area contributed by atoms with Gasteiger partial charge in [-0.25, -0.2) is 8.78 Å². The molecule has 8 heteroatoms. The number of ether oxygens (including phenoxy) is 1. The molecule has 0 saturated carbocycles. The Balaban J connectivity index is 0.00000288. The molecule has 1 saturated heterocycles. The molecule has 4 nitrogen and oxygen atoms in total. The monoisotopic (exact) mass is 471 g/mol. The van der Waals surface area contributed by atoms with E-state index in [1.54, 1.807) is 7.05 Å². The molecule has 1 unspecified atom stereocenters. The van der Waals surface area contributed by atoms with E-state index in [9.17, 15) is 8.78 Å². The summed E-state index contributed by atoms with van der Waals surface area (Å²) >= 11 is 1.99. The predicted octanol–water partition coefficient (Wildman–Crippen LogP) is 3.41. The molecule has 0 radical (unpaired) electrons. The van der Waals surface area contributed by atoms with Crippen molar-refractivity contribution in [3.05, 3.63) is 29.8 Å². The fourth-order valence-corrected chi connectivity index (χ4v) is 3.62. The van der Waals surface area contributed by atoms with Gasteiger partial charge in [-0.15, -0.1) is 24.0 Å². The summed E-state index contributed by atoms with van der Waals surface area (Å²) in [6.45, 7) is 3.97. The minimum Gasteiger partial charge on any atom is -0.492 e. The molecule has 1 aliphatic heterocycles. The maximum Gasteiger partial charge on any atom is 0.191 e. The van der Waals surface area contributed by atoms with E-state index in [1.165, 1.54) is 24.7 Å². The molecule has 1 fully saturated rings. The summed E-state index contributed by atoms with van der Waals surface area (Å²) in [4.78, 5) is 4.17. The Kier molecular flexibility index (Phi) is 9.11. The van der Waals surface area contributed by atoms with Crippen LogP contribution in [0.2, 0.25) is 0 Å². The number of rotatable bonds is 6. The normalized spacial score (nSPS) is 20.4. The Hall–Kier alpha value is -0.770. The Labute approximate surface area is 163 Å². The van der Waals surface area contributed by atoms with E-state index in [-0.39, 0.29) is 28.7 Å². The predicted molar refractivity (Wildman–Crippen MR) is 107 cm³/mol. The fraction of sp³-hybridized carbons (Fsp3) is 0.562. The van der Waals surface area contributed by atoms with E-state index in [0.717, 1.165) is 18.7 Å². The first-order valence-electron chi connectivity index (χ1n) is 7.69. The fourth-order valence-electron chi connectivity index (χ4n) is 2.37. The number of guanidine groups is 1. The third-order valence-corrected chi connectivity index (χ3v) is 5.25. The zero-order chi connectivity index (χ0) is 16.7. The highest BCUT2D eigenvalue weighted by molar-refractivity contribution is 14.0. The summed E-state index contributed by atoms with van der Waals surface area (Å²) in [7, 11) is 1.72. The second-order valence-corrected chi connectivity index (χ2v) is 7.36. The summed E-state index contributed by atoms with van der Waals surface area (Å²) in [5.41, 5.74) is 0. The highest BCUT2D eigenvalue weighted by Crippen LogP contribution is 2.36. The van der Waals surface area contributed by atoms with Gasteiger partial charge in [-0.3, -0.25) is 4.99 Å². The minimum absolute atomic E-state index is 0. The Morgan fingerprint density at radius 3 is 2.75 bits per heavy atom. The van der Waals surface area contributed by atoms with Crippen LogP contribution >= 0.6 is 35.7 Å². The average Bonchev–Trinajstić information content (AvgIpc) is 2.97. The van der Waals surface area contributed by atoms with Gasteiger partial charge in [0.1, 0.15) is 12.4 Å². The SMILES string of the molecule is CN=C(NCCOc1ccc(F)c(F)c1)NCC1(C)CCCS1.I. The molecular weight excluding hydrogens is 447 g/mol. The van der Waals surface area contributed by atoms with Crippen LogP contribution in [0.4, 0.5) is 8.78 Å². The topological polar surface area (TPSA) is 45.7 Å². The van der Waals surface area contributed by atoms with Crippen molar-refractivity contribution in [3.8, 4) is 5.75 Å². The number of halogens is 3. The van der Waals surface area contributed by atoms with Gasteiger partial charge in [-0.2, -0.15) is 11.8 Å². The van der Waals surface area contributed by atoms with Crippen molar-refractivity contribution in [2.45, 2.75) is 24.5 Å². The summed E-state index contributed by atoms with van der Waals surface area (Å²) < 4.78 is 31.5. The zero-order valence-electron chi connectivity index (χ0n) is 13.9. The number of nitrogens with one attached hydrogen (secondary N) is 2. The lowest BCUT2D eigenvalue weighted by molar-refractivity contribution is 0.318. The molecule has 0 aromatic heterocycles. The maximum absolute atomic E-state index is 13.1. The first kappa shape index (κ1) is 21.3. The van der Waals surface area contributed by atoms with Crippen LogP contribution in [0.3, 0.4) is 0 Å². The number of hydrogen-bond donors (Lipinski definition) is 2. The number of hydrogen-bond acceptors (Lipinski definition) is 3. The van der Waals surface area contributed by atoms with Gasteiger partial charge in [-0.05, 0) is 37.7 Å². The summed E-state index contributed by atoms with van der Waals surface area (Å²) in [5, 5.41) is 6.46. The molecule has 0 bridgehead atoms. The first-order valence-corrected chi connectivity index (χ1v) is 8.67. The molecule has 1 heterocycles. The van der Waals surface area contributed by atoms with Gasteiger partial charge < -0.3 is 15.4 Å². The van der Waals surface area contributed by atoms with Crippen LogP contribution in [0.1, 0.15) is 19.8 Å². The van der Waals surface area contributed by atoms with Crippen molar-refractivity contribution in [2.24, 2.45) is 4.99 Å². The van der Waals surface area contributed by atoms with Crippen molar-refractivity contribution in [2.75, 3.05) is 32.5 Å². The smallest absolute Gasteiger partial charge is 0.191 e. The van der Waals surface area contributed by atoms with Gasteiger partial charge in [0.05, 0.1) is 6.54 Å². The van der Waals surface area contributed by atoms with Crippen molar-refractivity contribution in [1.82, 2.24) is 10.6 Å². The van der Waals surface area contributed by atoms with Gasteiger partial charge in [0.25, 0.3) is 0 Å². The molecular formula is C16H24F2IN3OS. The number of aliphatic imine (C=N–C) groups is 1. The highest BCUT2D eigenvalue weighted by atomic mass is 127. The molecule has 1 aromatic carbocycles. The van der Waals surface area contributed by atoms with Crippen molar-refractivity contribution < 1.29 is 13.5 Å². The van der Waals surface area contributed by atoms with Crippen LogP contribution in [0, 0.1) is 11.6 Å². The van der Waals surface area contributed by atoms with Crippen molar-refractivity contribution in [3.63, 3.8) is 0 Å². The van der Waals surface area contributed by atoms with Crippen LogP contribution in [0.25, 0.3) is 0 Å². The standard InChI is InChI=1S/C16H23F2N3OS.HI/c1-16(6-3-9-23-16)11-21-15(19-2)20-7-8-22-12-4-5-13(17)14(18)10-12;/h4-5,10H,3,6-9,11H2,1-2H3,(H2,19,20,21);1H. The molecule has 0 aliphatic carbocycles. The third-order valence-electron chi connectivity index (χ3n) is 3.71. The molecule has 0 amide bonds. The van der Waals surface area contributed by atoms with Crippen LogP contribution in [-0.2, 0) is 0 Å². The molecule has 1 atom stereocenters. The second kappa shape index (κ2) is 10.3. The van der Waals surface area contributed by atoms with Crippen LogP contribution in [0.5, 0.6) is 5.75 Å². The lowest BCUT2D eigenvalue weighted by atomic mass is 10.1. The minimum atomic E-state index is -0.907. The van der Waals surface area contributed by atoms with Crippen LogP contribution in [0.15, 0.2) is 23.2 Å². The summed E-state index contributed by atoms with van der Waals surface area (Å²) in [5.74, 6) is 0.455. The second-order valence-electron chi connectivity index (χ2n) is 5.68. The number of benzene rings is 1. The Morgan fingerprint density at radius 2 is 2.12 bits per heavy atom. The van der Waals surface area contributed by atoms with E-state index in [4.69, 9.17) is 4.74 Å². The zero-order valence-corrected chi connectivity index (χ0v) is 17.0. The van der Waals surface area contributed by atoms with Crippen molar-refractivity contribution >= 4 is 41.7 Å². The lowest BCUT2D eigenvalue weighted by Crippen LogP contribution is -2.44. The molecule has 24 heavy (non-hydrogen) atoms. The van der Waals surface area contributed by atoms with Gasteiger partial charge in [0.15, 0.2) is 17.6 Å². The van der Waals surface area contributed by atoms with Crippen molar-refractivity contribution in [1.29, 1.82) is 0 Å². The number of thioether (sulfide) groups is 1. The van der Waals surface area contributed by atoms with Gasteiger partial charge in [0, 0.05) is 24.4 Å². The Morgan fingerprint density at radius 1 is 1.33 bits per heavy atom. The highest BCUT2D eigenvalue weighted by Gasteiger charge is 2.29. The molecule has 2 N–H and O–H groups in total. The molecule has 0 spiro atoms. The number of nitrogens with zero attached hydrogens (tertiary/aromatic N) is 1. The van der Waals surface area contributed by atoms with E-state index >= 15 is 0 Å².